The van der Waals surface area contributed by atoms with E-state index in [1.165, 1.54) is 0 Å². The summed E-state index contributed by atoms with van der Waals surface area (Å²) >= 11 is 3.35. The van der Waals surface area contributed by atoms with Crippen LogP contribution in [-0.4, -0.2) is 25.3 Å². The van der Waals surface area contributed by atoms with Gasteiger partial charge in [0.2, 0.25) is 10.0 Å². The predicted octanol–water partition coefficient (Wildman–Crippen LogP) is 2.86. The molecular weight excluding hydrogens is 340 g/mol. The Hall–Kier alpha value is -0.430. The number of hydrogen-bond acceptors (Lipinski definition) is 3. The summed E-state index contributed by atoms with van der Waals surface area (Å²) in [6.45, 7) is 3.01. The standard InChI is InChI=1S/C14H21BrN2O2S/c1-2-3-8-17(12-5-6-12)20(18,19)14-9-11(10-16)4-7-13(14)15/h4,7,9,12H,2-3,5-6,8,10,16H2,1H3. The van der Waals surface area contributed by atoms with E-state index in [1.54, 1.807) is 16.4 Å². The van der Waals surface area contributed by atoms with Crippen molar-refractivity contribution in [1.82, 2.24) is 4.31 Å². The zero-order chi connectivity index (χ0) is 14.8. The SMILES string of the molecule is CCCCN(C1CC1)S(=O)(=O)c1cc(CN)ccc1Br. The van der Waals surface area contributed by atoms with Crippen molar-refractivity contribution in [2.24, 2.45) is 5.73 Å². The van der Waals surface area contributed by atoms with Crippen LogP contribution in [0, 0.1) is 0 Å². The highest BCUT2D eigenvalue weighted by molar-refractivity contribution is 9.10. The van der Waals surface area contributed by atoms with Gasteiger partial charge in [0.05, 0.1) is 4.90 Å². The van der Waals surface area contributed by atoms with E-state index in [9.17, 15) is 8.42 Å². The van der Waals surface area contributed by atoms with Crippen LogP contribution in [0.25, 0.3) is 0 Å². The summed E-state index contributed by atoms with van der Waals surface area (Å²) in [5.74, 6) is 0. The molecule has 0 aliphatic heterocycles. The molecule has 2 rings (SSSR count). The summed E-state index contributed by atoms with van der Waals surface area (Å²) in [6.07, 6.45) is 3.82. The number of nitrogens with two attached hydrogens (primary N) is 1. The van der Waals surface area contributed by atoms with Crippen molar-refractivity contribution in [1.29, 1.82) is 0 Å². The molecule has 1 saturated carbocycles. The molecule has 0 atom stereocenters. The molecule has 0 radical (unpaired) electrons. The minimum Gasteiger partial charge on any atom is -0.326 e. The van der Waals surface area contributed by atoms with Crippen LogP contribution >= 0.6 is 15.9 Å². The van der Waals surface area contributed by atoms with E-state index < -0.39 is 10.0 Å². The molecule has 20 heavy (non-hydrogen) atoms. The Balaban J connectivity index is 2.36. The van der Waals surface area contributed by atoms with Gasteiger partial charge in [0.1, 0.15) is 0 Å². The third-order valence-corrected chi connectivity index (χ3v) is 6.45. The molecule has 0 spiro atoms. The van der Waals surface area contributed by atoms with Crippen LogP contribution in [0.5, 0.6) is 0 Å². The first-order chi connectivity index (χ1) is 9.50. The number of unbranched alkanes of at least 4 members (excludes halogenated alkanes) is 1. The fourth-order valence-electron chi connectivity index (χ4n) is 2.17. The van der Waals surface area contributed by atoms with Gasteiger partial charge < -0.3 is 5.73 Å². The molecule has 0 unspecified atom stereocenters. The monoisotopic (exact) mass is 360 g/mol. The molecule has 1 aromatic rings. The van der Waals surface area contributed by atoms with Gasteiger partial charge in [-0.15, -0.1) is 0 Å². The second kappa shape index (κ2) is 6.56. The average molecular weight is 361 g/mol. The maximum absolute atomic E-state index is 12.9. The lowest BCUT2D eigenvalue weighted by molar-refractivity contribution is 0.395. The van der Waals surface area contributed by atoms with E-state index in [-0.39, 0.29) is 6.04 Å². The first-order valence-electron chi connectivity index (χ1n) is 7.01. The van der Waals surface area contributed by atoms with Crippen LogP contribution in [0.4, 0.5) is 0 Å². The quantitative estimate of drug-likeness (QED) is 0.812. The zero-order valence-corrected chi connectivity index (χ0v) is 14.1. The highest BCUT2D eigenvalue weighted by atomic mass is 79.9. The van der Waals surface area contributed by atoms with Crippen LogP contribution in [0.2, 0.25) is 0 Å². The Labute approximate surface area is 129 Å². The summed E-state index contributed by atoms with van der Waals surface area (Å²) in [6, 6.07) is 5.47. The van der Waals surface area contributed by atoms with Crippen LogP contribution < -0.4 is 5.73 Å². The van der Waals surface area contributed by atoms with E-state index in [0.717, 1.165) is 31.2 Å². The number of nitrogens with zero attached hydrogens (tertiary/aromatic N) is 1. The molecule has 0 heterocycles. The highest BCUT2D eigenvalue weighted by Gasteiger charge is 2.38. The van der Waals surface area contributed by atoms with Gasteiger partial charge in [0.15, 0.2) is 0 Å². The lowest BCUT2D eigenvalue weighted by atomic mass is 10.2. The summed E-state index contributed by atoms with van der Waals surface area (Å²) in [5.41, 5.74) is 6.45. The molecule has 6 heteroatoms. The van der Waals surface area contributed by atoms with Gasteiger partial charge in [-0.3, -0.25) is 0 Å². The Morgan fingerprint density at radius 1 is 1.40 bits per heavy atom. The topological polar surface area (TPSA) is 63.4 Å². The van der Waals surface area contributed by atoms with Crippen molar-refractivity contribution in [3.63, 3.8) is 0 Å². The Bertz CT molecular complexity index is 571. The van der Waals surface area contributed by atoms with Gasteiger partial charge in [-0.2, -0.15) is 4.31 Å². The molecule has 1 fully saturated rings. The fraction of sp³-hybridized carbons (Fsp3) is 0.571. The molecule has 1 aliphatic carbocycles. The summed E-state index contributed by atoms with van der Waals surface area (Å²) in [7, 11) is -3.44. The number of benzene rings is 1. The lowest BCUT2D eigenvalue weighted by Crippen LogP contribution is -2.34. The van der Waals surface area contributed by atoms with E-state index in [0.29, 0.717) is 22.5 Å². The first-order valence-corrected chi connectivity index (χ1v) is 9.24. The molecule has 0 aromatic heterocycles. The zero-order valence-electron chi connectivity index (χ0n) is 11.7. The van der Waals surface area contributed by atoms with Crippen LogP contribution in [-0.2, 0) is 16.6 Å². The molecule has 4 nitrogen and oxygen atoms in total. The minimum atomic E-state index is -3.44. The van der Waals surface area contributed by atoms with Crippen LogP contribution in [0.15, 0.2) is 27.6 Å². The average Bonchev–Trinajstić information content (AvgIpc) is 3.24. The van der Waals surface area contributed by atoms with Gasteiger partial charge >= 0.3 is 0 Å². The number of rotatable bonds is 7. The van der Waals surface area contributed by atoms with Gasteiger partial charge in [-0.25, -0.2) is 8.42 Å². The maximum Gasteiger partial charge on any atom is 0.244 e. The summed E-state index contributed by atoms with van der Waals surface area (Å²) < 4.78 is 28.0. The first kappa shape index (κ1) is 15.9. The third kappa shape index (κ3) is 3.42. The summed E-state index contributed by atoms with van der Waals surface area (Å²) in [4.78, 5) is 0.337. The number of sulfonamides is 1. The predicted molar refractivity (Wildman–Crippen MR) is 83.9 cm³/mol. The van der Waals surface area contributed by atoms with Gasteiger partial charge in [-0.1, -0.05) is 19.4 Å². The van der Waals surface area contributed by atoms with Crippen molar-refractivity contribution < 1.29 is 8.42 Å². The highest BCUT2D eigenvalue weighted by Crippen LogP contribution is 2.34. The third-order valence-electron chi connectivity index (χ3n) is 3.50. The second-order valence-corrected chi connectivity index (χ2v) is 7.88. The number of hydrogen-bond donors (Lipinski definition) is 1. The van der Waals surface area contributed by atoms with E-state index in [2.05, 4.69) is 22.9 Å². The van der Waals surface area contributed by atoms with E-state index in [4.69, 9.17) is 5.73 Å². The van der Waals surface area contributed by atoms with Crippen molar-refractivity contribution in [2.75, 3.05) is 6.54 Å². The lowest BCUT2D eigenvalue weighted by Gasteiger charge is -2.22. The molecule has 112 valence electrons. The van der Waals surface area contributed by atoms with E-state index >= 15 is 0 Å². The normalized spacial score (nSPS) is 15.8. The molecule has 1 aliphatic rings. The van der Waals surface area contributed by atoms with Gasteiger partial charge in [0.25, 0.3) is 0 Å². The maximum atomic E-state index is 12.9. The van der Waals surface area contributed by atoms with Crippen LogP contribution in [0.1, 0.15) is 38.2 Å². The largest absolute Gasteiger partial charge is 0.326 e. The Morgan fingerprint density at radius 2 is 2.10 bits per heavy atom. The molecule has 1 aromatic carbocycles. The van der Waals surface area contributed by atoms with Gasteiger partial charge in [-0.05, 0) is 52.9 Å². The molecule has 0 bridgehead atoms. The fourth-order valence-corrected chi connectivity index (χ4v) is 4.87. The molecule has 2 N–H and O–H groups in total. The second-order valence-electron chi connectivity index (χ2n) is 5.17. The molecule has 0 saturated heterocycles. The van der Waals surface area contributed by atoms with Gasteiger partial charge in [0, 0.05) is 23.6 Å². The summed E-state index contributed by atoms with van der Waals surface area (Å²) in [5, 5.41) is 0. The van der Waals surface area contributed by atoms with Crippen molar-refractivity contribution in [2.45, 2.75) is 50.1 Å². The Kier molecular flexibility index (Phi) is 5.23. The smallest absolute Gasteiger partial charge is 0.244 e. The molecule has 0 amide bonds. The van der Waals surface area contributed by atoms with Crippen molar-refractivity contribution in [3.05, 3.63) is 28.2 Å². The number of halogens is 1. The van der Waals surface area contributed by atoms with Crippen molar-refractivity contribution >= 4 is 26.0 Å². The Morgan fingerprint density at radius 3 is 2.65 bits per heavy atom. The van der Waals surface area contributed by atoms with Crippen molar-refractivity contribution in [3.8, 4) is 0 Å². The van der Waals surface area contributed by atoms with Crippen LogP contribution in [0.3, 0.4) is 0 Å². The van der Waals surface area contributed by atoms with E-state index in [1.807, 2.05) is 6.07 Å². The molecular formula is C14H21BrN2O2S. The minimum absolute atomic E-state index is 0.181.